The molecule has 0 radical (unpaired) electrons. The number of carbonyl (C=O) groups excluding carboxylic acids is 1. The number of benzene rings is 1. The van der Waals surface area contributed by atoms with Crippen molar-refractivity contribution < 1.29 is 9.53 Å². The van der Waals surface area contributed by atoms with Crippen molar-refractivity contribution in [2.24, 2.45) is 0 Å². The number of hydrogen-bond donors (Lipinski definition) is 0. The van der Waals surface area contributed by atoms with E-state index in [9.17, 15) is 4.79 Å². The standard InChI is InChI=1S/C21H25NO2S/c1-4-15-8-5-6-9-16(15)20(25)19-12-11-18-17(10-7-13-22(18)19)21(23)24-14(2)3/h5-6,8-9,11-12,14,17H,4,7,10,13H2,1-3H3. The average Bonchev–Trinajstić information content (AvgIpc) is 3.04. The van der Waals surface area contributed by atoms with Crippen molar-refractivity contribution in [2.75, 3.05) is 0 Å². The zero-order chi connectivity index (χ0) is 18.0. The second-order valence-electron chi connectivity index (χ2n) is 6.82. The number of hydrogen-bond acceptors (Lipinski definition) is 3. The van der Waals surface area contributed by atoms with Crippen LogP contribution in [-0.2, 0) is 22.5 Å². The number of esters is 1. The molecule has 4 heteroatoms. The van der Waals surface area contributed by atoms with Crippen LogP contribution in [-0.4, -0.2) is 21.5 Å². The largest absolute Gasteiger partial charge is 0.462 e. The number of aryl methyl sites for hydroxylation is 1. The summed E-state index contributed by atoms with van der Waals surface area (Å²) in [5.41, 5.74) is 4.44. The monoisotopic (exact) mass is 355 g/mol. The molecule has 0 bridgehead atoms. The molecule has 1 aromatic heterocycles. The van der Waals surface area contributed by atoms with Gasteiger partial charge in [-0.3, -0.25) is 4.79 Å². The van der Waals surface area contributed by atoms with Gasteiger partial charge in [-0.25, -0.2) is 0 Å². The lowest BCUT2D eigenvalue weighted by Crippen LogP contribution is -2.27. The third kappa shape index (κ3) is 3.54. The maximum absolute atomic E-state index is 12.5. The van der Waals surface area contributed by atoms with Crippen LogP contribution in [0.15, 0.2) is 36.4 Å². The number of rotatable bonds is 5. The van der Waals surface area contributed by atoms with Gasteiger partial charge in [-0.1, -0.05) is 43.4 Å². The Hall–Kier alpha value is -1.94. The molecule has 1 aliphatic heterocycles. The molecule has 0 N–H and O–H groups in total. The van der Waals surface area contributed by atoms with Crippen LogP contribution in [0.3, 0.4) is 0 Å². The third-order valence-corrected chi connectivity index (χ3v) is 5.19. The molecular formula is C21H25NO2S. The summed E-state index contributed by atoms with van der Waals surface area (Å²) < 4.78 is 7.67. The molecule has 1 atom stereocenters. The molecule has 0 saturated carbocycles. The normalized spacial score (nSPS) is 16.6. The minimum Gasteiger partial charge on any atom is -0.462 e. The first-order chi connectivity index (χ1) is 12.0. The molecular weight excluding hydrogens is 330 g/mol. The molecule has 1 aromatic carbocycles. The first-order valence-electron chi connectivity index (χ1n) is 9.05. The maximum atomic E-state index is 12.5. The second-order valence-corrected chi connectivity index (χ2v) is 7.22. The van der Waals surface area contributed by atoms with Gasteiger partial charge in [0.1, 0.15) is 0 Å². The number of fused-ring (bicyclic) bond motifs is 1. The van der Waals surface area contributed by atoms with Gasteiger partial charge in [0.25, 0.3) is 0 Å². The van der Waals surface area contributed by atoms with E-state index in [4.69, 9.17) is 17.0 Å². The van der Waals surface area contributed by atoms with E-state index >= 15 is 0 Å². The van der Waals surface area contributed by atoms with E-state index < -0.39 is 0 Å². The zero-order valence-corrected chi connectivity index (χ0v) is 15.9. The first kappa shape index (κ1) is 17.9. The number of carbonyl (C=O) groups is 1. The quantitative estimate of drug-likeness (QED) is 0.444. The Balaban J connectivity index is 1.95. The van der Waals surface area contributed by atoms with Gasteiger partial charge >= 0.3 is 5.97 Å². The summed E-state index contributed by atoms with van der Waals surface area (Å²) in [7, 11) is 0. The zero-order valence-electron chi connectivity index (χ0n) is 15.1. The van der Waals surface area contributed by atoms with E-state index in [0.717, 1.165) is 47.6 Å². The molecule has 0 spiro atoms. The highest BCUT2D eigenvalue weighted by molar-refractivity contribution is 7.81. The van der Waals surface area contributed by atoms with Crippen LogP contribution in [0.2, 0.25) is 0 Å². The van der Waals surface area contributed by atoms with Crippen molar-refractivity contribution in [3.05, 3.63) is 58.9 Å². The predicted molar refractivity (Wildman–Crippen MR) is 104 cm³/mol. The molecule has 3 nitrogen and oxygen atoms in total. The van der Waals surface area contributed by atoms with Crippen LogP contribution in [0.1, 0.15) is 62.0 Å². The minimum absolute atomic E-state index is 0.0881. The Bertz CT molecular complexity index is 791. The van der Waals surface area contributed by atoms with Crippen LogP contribution < -0.4 is 0 Å². The summed E-state index contributed by atoms with van der Waals surface area (Å²) in [5.74, 6) is -0.311. The number of nitrogens with zero attached hydrogens (tertiary/aromatic N) is 1. The molecule has 2 aromatic rings. The average molecular weight is 356 g/mol. The summed E-state index contributed by atoms with van der Waals surface area (Å²) in [6.45, 7) is 6.83. The molecule has 25 heavy (non-hydrogen) atoms. The van der Waals surface area contributed by atoms with Crippen molar-refractivity contribution in [2.45, 2.75) is 58.6 Å². The van der Waals surface area contributed by atoms with Gasteiger partial charge in [0.05, 0.1) is 22.6 Å². The Morgan fingerprint density at radius 3 is 2.76 bits per heavy atom. The maximum Gasteiger partial charge on any atom is 0.315 e. The number of thiocarbonyl (C=S) groups is 1. The van der Waals surface area contributed by atoms with E-state index in [-0.39, 0.29) is 18.0 Å². The highest BCUT2D eigenvalue weighted by atomic mass is 32.1. The van der Waals surface area contributed by atoms with Gasteiger partial charge in [0, 0.05) is 12.2 Å². The van der Waals surface area contributed by atoms with Crippen molar-refractivity contribution in [3.63, 3.8) is 0 Å². The van der Waals surface area contributed by atoms with E-state index in [1.165, 1.54) is 5.56 Å². The van der Waals surface area contributed by atoms with Gasteiger partial charge < -0.3 is 9.30 Å². The molecule has 0 saturated heterocycles. The van der Waals surface area contributed by atoms with Crippen LogP contribution in [0, 0.1) is 0 Å². The lowest BCUT2D eigenvalue weighted by molar-refractivity contribution is -0.149. The van der Waals surface area contributed by atoms with Gasteiger partial charge in [0.2, 0.25) is 0 Å². The lowest BCUT2D eigenvalue weighted by Gasteiger charge is -2.26. The Morgan fingerprint density at radius 2 is 2.04 bits per heavy atom. The van der Waals surface area contributed by atoms with Crippen LogP contribution in [0.4, 0.5) is 0 Å². The van der Waals surface area contributed by atoms with E-state index in [1.54, 1.807) is 0 Å². The van der Waals surface area contributed by atoms with E-state index in [1.807, 2.05) is 26.0 Å². The van der Waals surface area contributed by atoms with E-state index in [2.05, 4.69) is 35.8 Å². The molecule has 2 heterocycles. The third-order valence-electron chi connectivity index (χ3n) is 4.76. The fraction of sp³-hybridized carbons (Fsp3) is 0.429. The summed E-state index contributed by atoms with van der Waals surface area (Å²) in [6.07, 6.45) is 2.67. The molecule has 3 rings (SSSR count). The molecule has 132 valence electrons. The van der Waals surface area contributed by atoms with Gasteiger partial charge in [-0.2, -0.15) is 0 Å². The van der Waals surface area contributed by atoms with Gasteiger partial charge in [0.15, 0.2) is 0 Å². The van der Waals surface area contributed by atoms with Gasteiger partial charge in [-0.15, -0.1) is 0 Å². The Labute approximate surface area is 155 Å². The predicted octanol–water partition coefficient (Wildman–Crippen LogP) is 4.65. The molecule has 0 amide bonds. The van der Waals surface area contributed by atoms with Crippen molar-refractivity contribution in [1.82, 2.24) is 4.57 Å². The highest BCUT2D eigenvalue weighted by Crippen LogP contribution is 2.32. The van der Waals surface area contributed by atoms with Gasteiger partial charge in [-0.05, 0) is 56.4 Å². The summed E-state index contributed by atoms with van der Waals surface area (Å²) in [5, 5.41) is 0. The lowest BCUT2D eigenvalue weighted by atomic mass is 9.96. The van der Waals surface area contributed by atoms with Crippen molar-refractivity contribution in [1.29, 1.82) is 0 Å². The smallest absolute Gasteiger partial charge is 0.315 e. The molecule has 1 unspecified atom stereocenters. The molecule has 0 fully saturated rings. The highest BCUT2D eigenvalue weighted by Gasteiger charge is 2.30. The summed E-state index contributed by atoms with van der Waals surface area (Å²) in [6, 6.07) is 12.4. The Morgan fingerprint density at radius 1 is 1.28 bits per heavy atom. The minimum atomic E-state index is -0.186. The summed E-state index contributed by atoms with van der Waals surface area (Å²) >= 11 is 5.82. The van der Waals surface area contributed by atoms with Crippen LogP contribution >= 0.6 is 12.2 Å². The molecule has 0 aliphatic carbocycles. The Kier molecular flexibility index (Phi) is 5.38. The van der Waals surface area contributed by atoms with E-state index in [0.29, 0.717) is 0 Å². The topological polar surface area (TPSA) is 31.2 Å². The van der Waals surface area contributed by atoms with Crippen molar-refractivity contribution >= 4 is 23.1 Å². The SMILES string of the molecule is CCc1ccccc1C(=S)c1ccc2n1CCCC2C(=O)OC(C)C. The fourth-order valence-electron chi connectivity index (χ4n) is 3.58. The van der Waals surface area contributed by atoms with Crippen LogP contribution in [0.5, 0.6) is 0 Å². The molecule has 1 aliphatic rings. The van der Waals surface area contributed by atoms with Crippen molar-refractivity contribution in [3.8, 4) is 0 Å². The fourth-order valence-corrected chi connectivity index (χ4v) is 3.96. The summed E-state index contributed by atoms with van der Waals surface area (Å²) in [4.78, 5) is 13.3. The first-order valence-corrected chi connectivity index (χ1v) is 9.46. The second kappa shape index (κ2) is 7.52. The number of aromatic nitrogens is 1. The van der Waals surface area contributed by atoms with Crippen LogP contribution in [0.25, 0.3) is 0 Å². The number of ether oxygens (including phenoxy) is 1.